The maximum Gasteiger partial charge on any atom is 0.399 e. The molecule has 0 N–H and O–H groups in total. The third kappa shape index (κ3) is 2.15. The molecule has 1 aliphatic heterocycles. The summed E-state index contributed by atoms with van der Waals surface area (Å²) < 4.78 is 8.21. The molecular formula is C19H21BN3O+. The van der Waals surface area contributed by atoms with Crippen molar-refractivity contribution in [2.75, 3.05) is 7.05 Å². The zero-order valence-electron chi connectivity index (χ0n) is 14.8. The molecule has 0 aliphatic carbocycles. The van der Waals surface area contributed by atoms with E-state index in [2.05, 4.69) is 72.9 Å². The molecule has 3 aromatic heterocycles. The number of pyridine rings is 2. The van der Waals surface area contributed by atoms with Gasteiger partial charge in [-0.2, -0.15) is 0 Å². The number of rotatable bonds is 1. The van der Waals surface area contributed by atoms with Gasteiger partial charge in [0.05, 0.1) is 0 Å². The summed E-state index contributed by atoms with van der Waals surface area (Å²) in [6, 6.07) is 8.56. The molecule has 0 saturated carbocycles. The monoisotopic (exact) mass is 318 g/mol. The number of furan rings is 1. The molecular weight excluding hydrogens is 297 g/mol. The summed E-state index contributed by atoms with van der Waals surface area (Å²) in [7, 11) is 4.20. The van der Waals surface area contributed by atoms with Crippen LogP contribution in [0.2, 0.25) is 0 Å². The first-order chi connectivity index (χ1) is 11.5. The SMILES string of the molecule is CC1=c2c(oc3nc(C)ccc23)=CN(C)B1c1cc(C)cc[n+]1C. The van der Waals surface area contributed by atoms with Gasteiger partial charge in [-0.1, -0.05) is 5.47 Å². The third-order valence-electron chi connectivity index (χ3n) is 4.88. The predicted octanol–water partition coefficient (Wildman–Crippen LogP) is 0.561. The van der Waals surface area contributed by atoms with E-state index in [1.165, 1.54) is 21.8 Å². The first kappa shape index (κ1) is 15.0. The fourth-order valence-corrected chi connectivity index (χ4v) is 3.69. The van der Waals surface area contributed by atoms with Crippen molar-refractivity contribution in [3.8, 4) is 0 Å². The lowest BCUT2D eigenvalue weighted by Crippen LogP contribution is -2.62. The predicted molar refractivity (Wildman–Crippen MR) is 97.0 cm³/mol. The van der Waals surface area contributed by atoms with Crippen LogP contribution in [0.1, 0.15) is 18.2 Å². The van der Waals surface area contributed by atoms with Crippen LogP contribution >= 0.6 is 0 Å². The van der Waals surface area contributed by atoms with Gasteiger partial charge in [-0.15, -0.1) is 0 Å². The number of hydrogen-bond acceptors (Lipinski definition) is 3. The van der Waals surface area contributed by atoms with Gasteiger partial charge in [-0.05, 0) is 45.5 Å². The Bertz CT molecular complexity index is 1080. The van der Waals surface area contributed by atoms with Crippen molar-refractivity contribution in [1.82, 2.24) is 9.79 Å². The molecule has 5 heteroatoms. The van der Waals surface area contributed by atoms with E-state index in [0.29, 0.717) is 0 Å². The van der Waals surface area contributed by atoms with E-state index in [9.17, 15) is 0 Å². The Hall–Kier alpha value is -2.56. The second-order valence-corrected chi connectivity index (χ2v) is 6.77. The van der Waals surface area contributed by atoms with Crippen molar-refractivity contribution in [2.45, 2.75) is 20.8 Å². The number of aromatic nitrogens is 2. The molecule has 0 spiro atoms. The first-order valence-corrected chi connectivity index (χ1v) is 8.22. The molecule has 1 aliphatic rings. The lowest BCUT2D eigenvalue weighted by atomic mass is 9.50. The molecule has 0 bridgehead atoms. The van der Waals surface area contributed by atoms with E-state index in [4.69, 9.17) is 4.42 Å². The zero-order chi connectivity index (χ0) is 17.0. The number of fused-ring (bicyclic) bond motifs is 3. The maximum atomic E-state index is 6.01. The summed E-state index contributed by atoms with van der Waals surface area (Å²) in [5, 5.41) is 2.28. The Morgan fingerprint density at radius 2 is 1.96 bits per heavy atom. The normalized spacial score (nSPS) is 14.1. The fourth-order valence-electron chi connectivity index (χ4n) is 3.69. The molecule has 0 amide bonds. The van der Waals surface area contributed by atoms with Gasteiger partial charge in [0, 0.05) is 34.6 Å². The highest BCUT2D eigenvalue weighted by Crippen LogP contribution is 2.13. The lowest BCUT2D eigenvalue weighted by Gasteiger charge is -2.24. The van der Waals surface area contributed by atoms with Gasteiger partial charge in [0.25, 0.3) is 0 Å². The highest BCUT2D eigenvalue weighted by molar-refractivity contribution is 6.85. The van der Waals surface area contributed by atoms with Crippen molar-refractivity contribution in [1.29, 1.82) is 0 Å². The fraction of sp³-hybridized carbons (Fsp3) is 0.263. The van der Waals surface area contributed by atoms with E-state index < -0.39 is 0 Å². The van der Waals surface area contributed by atoms with Crippen LogP contribution in [0.5, 0.6) is 0 Å². The minimum atomic E-state index is 0.185. The van der Waals surface area contributed by atoms with Crippen molar-refractivity contribution < 1.29 is 8.98 Å². The van der Waals surface area contributed by atoms with E-state index in [-0.39, 0.29) is 6.85 Å². The van der Waals surface area contributed by atoms with Crippen molar-refractivity contribution in [3.63, 3.8) is 0 Å². The van der Waals surface area contributed by atoms with Gasteiger partial charge >= 0.3 is 6.85 Å². The van der Waals surface area contributed by atoms with Crippen LogP contribution in [0.3, 0.4) is 0 Å². The van der Waals surface area contributed by atoms with Gasteiger partial charge in [-0.3, -0.25) is 0 Å². The summed E-state index contributed by atoms with van der Waals surface area (Å²) in [5.41, 5.74) is 6.42. The minimum Gasteiger partial charge on any atom is -0.436 e. The maximum absolute atomic E-state index is 6.01. The highest BCUT2D eigenvalue weighted by atomic mass is 16.3. The van der Waals surface area contributed by atoms with Crippen LogP contribution in [0.4, 0.5) is 0 Å². The molecule has 24 heavy (non-hydrogen) atoms. The summed E-state index contributed by atoms with van der Waals surface area (Å²) in [6.45, 7) is 6.51. The van der Waals surface area contributed by atoms with E-state index in [1.807, 2.05) is 13.0 Å². The first-order valence-electron chi connectivity index (χ1n) is 8.22. The third-order valence-corrected chi connectivity index (χ3v) is 4.88. The average Bonchev–Trinajstić information content (AvgIpc) is 2.87. The Morgan fingerprint density at radius 3 is 2.75 bits per heavy atom. The zero-order valence-corrected chi connectivity index (χ0v) is 14.8. The van der Waals surface area contributed by atoms with Crippen molar-refractivity contribution >= 4 is 35.2 Å². The van der Waals surface area contributed by atoms with Gasteiger partial charge in [0.1, 0.15) is 7.05 Å². The average molecular weight is 318 g/mol. The van der Waals surface area contributed by atoms with Gasteiger partial charge in [-0.25, -0.2) is 9.55 Å². The summed E-state index contributed by atoms with van der Waals surface area (Å²) in [4.78, 5) is 6.77. The Kier molecular flexibility index (Phi) is 3.27. The highest BCUT2D eigenvalue weighted by Gasteiger charge is 2.35. The number of aryl methyl sites for hydroxylation is 3. The molecule has 4 nitrogen and oxygen atoms in total. The summed E-state index contributed by atoms with van der Waals surface area (Å²) in [5.74, 6) is 0. The minimum absolute atomic E-state index is 0.185. The standard InChI is InChI=1S/C19H21BN3O/c1-12-8-9-22(4)17(10-12)20-14(3)18-15-7-6-13(2)21-19(15)24-16(18)11-23(20)5/h6-11H,1-5H3/q+1. The van der Waals surface area contributed by atoms with Crippen LogP contribution in [-0.4, -0.2) is 23.7 Å². The van der Waals surface area contributed by atoms with Gasteiger partial charge in [0.2, 0.25) is 5.71 Å². The van der Waals surface area contributed by atoms with E-state index >= 15 is 0 Å². The van der Waals surface area contributed by atoms with Crippen molar-refractivity contribution in [3.05, 3.63) is 52.4 Å². The molecule has 120 valence electrons. The van der Waals surface area contributed by atoms with Crippen LogP contribution in [0.25, 0.3) is 22.8 Å². The Balaban J connectivity index is 2.05. The van der Waals surface area contributed by atoms with Crippen LogP contribution in [0, 0.1) is 13.8 Å². The second kappa shape index (κ2) is 5.23. The van der Waals surface area contributed by atoms with Crippen LogP contribution < -0.4 is 20.8 Å². The molecule has 0 unspecified atom stereocenters. The molecule has 4 heterocycles. The topological polar surface area (TPSA) is 33.2 Å². The van der Waals surface area contributed by atoms with E-state index in [0.717, 1.165) is 22.2 Å². The van der Waals surface area contributed by atoms with Crippen LogP contribution in [0.15, 0.2) is 34.9 Å². The molecule has 0 radical (unpaired) electrons. The number of nitrogens with zero attached hydrogens (tertiary/aromatic N) is 3. The van der Waals surface area contributed by atoms with E-state index in [1.54, 1.807) is 0 Å². The molecule has 4 rings (SSSR count). The molecule has 0 atom stereocenters. The summed E-state index contributed by atoms with van der Waals surface area (Å²) in [6.07, 6.45) is 4.21. The Labute approximate surface area is 141 Å². The lowest BCUT2D eigenvalue weighted by molar-refractivity contribution is -0.654. The van der Waals surface area contributed by atoms with Crippen molar-refractivity contribution in [2.24, 2.45) is 7.05 Å². The molecule has 0 fully saturated rings. The molecule has 0 saturated heterocycles. The molecule has 0 aromatic carbocycles. The largest absolute Gasteiger partial charge is 0.436 e. The molecule has 3 aromatic rings. The smallest absolute Gasteiger partial charge is 0.399 e. The van der Waals surface area contributed by atoms with Gasteiger partial charge in [0.15, 0.2) is 17.2 Å². The summed E-state index contributed by atoms with van der Waals surface area (Å²) >= 11 is 0. The Morgan fingerprint density at radius 1 is 1.17 bits per heavy atom. The number of hydrogen-bond donors (Lipinski definition) is 0. The van der Waals surface area contributed by atoms with Gasteiger partial charge < -0.3 is 9.23 Å². The van der Waals surface area contributed by atoms with Crippen LogP contribution in [-0.2, 0) is 7.05 Å². The second-order valence-electron chi connectivity index (χ2n) is 6.77. The quantitative estimate of drug-likeness (QED) is 0.486.